The van der Waals surface area contributed by atoms with E-state index in [1.54, 1.807) is 49.4 Å². The molecule has 0 aromatic heterocycles. The van der Waals surface area contributed by atoms with Gasteiger partial charge in [-0.15, -0.1) is 0 Å². The van der Waals surface area contributed by atoms with Crippen molar-refractivity contribution in [1.29, 1.82) is 0 Å². The van der Waals surface area contributed by atoms with E-state index in [0.717, 1.165) is 0 Å². The van der Waals surface area contributed by atoms with Gasteiger partial charge in [-0.25, -0.2) is 13.1 Å². The molecular weight excluding hydrogens is 340 g/mol. The van der Waals surface area contributed by atoms with E-state index >= 15 is 0 Å². The van der Waals surface area contributed by atoms with E-state index in [1.165, 1.54) is 6.07 Å². The number of rotatable bonds is 7. The van der Waals surface area contributed by atoms with Crippen molar-refractivity contribution in [3.63, 3.8) is 0 Å². The lowest BCUT2D eigenvalue weighted by molar-refractivity contribution is -0.115. The molecule has 0 saturated heterocycles. The number of benzene rings is 2. The summed E-state index contributed by atoms with van der Waals surface area (Å²) in [6.45, 7) is 5.21. The zero-order valence-electron chi connectivity index (χ0n) is 14.4. The second-order valence-corrected chi connectivity index (χ2v) is 7.56. The van der Waals surface area contributed by atoms with Gasteiger partial charge in [0.15, 0.2) is 0 Å². The molecule has 0 heterocycles. The second-order valence-electron chi connectivity index (χ2n) is 5.83. The predicted molar refractivity (Wildman–Crippen MR) is 97.2 cm³/mol. The first-order valence-electron chi connectivity index (χ1n) is 7.90. The van der Waals surface area contributed by atoms with Crippen LogP contribution in [0.3, 0.4) is 0 Å². The van der Waals surface area contributed by atoms with Crippen molar-refractivity contribution >= 4 is 21.6 Å². The van der Waals surface area contributed by atoms with E-state index in [2.05, 4.69) is 10.0 Å². The maximum absolute atomic E-state index is 12.2. The lowest BCUT2D eigenvalue weighted by Gasteiger charge is -2.11. The number of nitrogens with one attached hydrogen (secondary N) is 2. The van der Waals surface area contributed by atoms with E-state index in [-0.39, 0.29) is 17.5 Å². The van der Waals surface area contributed by atoms with Gasteiger partial charge in [0.05, 0.1) is 17.5 Å². The first-order valence-corrected chi connectivity index (χ1v) is 9.38. The highest BCUT2D eigenvalue weighted by molar-refractivity contribution is 7.89. The maximum Gasteiger partial charge on any atom is 0.241 e. The van der Waals surface area contributed by atoms with Crippen molar-refractivity contribution in [2.24, 2.45) is 0 Å². The molecule has 25 heavy (non-hydrogen) atoms. The van der Waals surface area contributed by atoms with Crippen LogP contribution in [0, 0.1) is 6.92 Å². The van der Waals surface area contributed by atoms with Gasteiger partial charge in [-0.05, 0) is 56.7 Å². The average molecular weight is 362 g/mol. The molecule has 0 bridgehead atoms. The Morgan fingerprint density at radius 1 is 1.08 bits per heavy atom. The van der Waals surface area contributed by atoms with E-state index in [9.17, 15) is 13.2 Å². The normalized spacial score (nSPS) is 11.4. The first-order chi connectivity index (χ1) is 11.8. The van der Waals surface area contributed by atoms with Crippen molar-refractivity contribution < 1.29 is 17.9 Å². The van der Waals surface area contributed by atoms with Crippen molar-refractivity contribution in [2.45, 2.75) is 31.8 Å². The Morgan fingerprint density at radius 2 is 1.72 bits per heavy atom. The first kappa shape index (κ1) is 19.0. The fraction of sp³-hybridized carbons (Fsp3) is 0.278. The summed E-state index contributed by atoms with van der Waals surface area (Å²) < 4.78 is 32.3. The highest BCUT2D eigenvalue weighted by atomic mass is 32.2. The minimum atomic E-state index is -3.73. The Kier molecular flexibility index (Phi) is 6.17. The third kappa shape index (κ3) is 5.58. The van der Waals surface area contributed by atoms with Crippen LogP contribution in [0.25, 0.3) is 0 Å². The zero-order chi connectivity index (χ0) is 18.4. The molecular formula is C18H22N2O4S. The molecule has 2 aromatic carbocycles. The fourth-order valence-corrected chi connectivity index (χ4v) is 3.42. The van der Waals surface area contributed by atoms with Crippen LogP contribution < -0.4 is 14.8 Å². The van der Waals surface area contributed by atoms with Crippen LogP contribution in [0.15, 0.2) is 53.4 Å². The minimum Gasteiger partial charge on any atom is -0.491 e. The Bertz CT molecular complexity index is 830. The van der Waals surface area contributed by atoms with Crippen LogP contribution in [0.2, 0.25) is 0 Å². The van der Waals surface area contributed by atoms with Crippen LogP contribution in [0.5, 0.6) is 5.75 Å². The van der Waals surface area contributed by atoms with Crippen LogP contribution in [0.4, 0.5) is 5.69 Å². The molecule has 0 aliphatic rings. The summed E-state index contributed by atoms with van der Waals surface area (Å²) >= 11 is 0. The summed E-state index contributed by atoms with van der Waals surface area (Å²) in [5.41, 5.74) is 1.19. The van der Waals surface area contributed by atoms with Gasteiger partial charge in [-0.1, -0.05) is 18.2 Å². The molecule has 2 N–H and O–H groups in total. The number of ether oxygens (including phenoxy) is 1. The molecule has 0 atom stereocenters. The van der Waals surface area contributed by atoms with Crippen LogP contribution in [0.1, 0.15) is 19.4 Å². The number of hydrogen-bond acceptors (Lipinski definition) is 4. The maximum atomic E-state index is 12.2. The number of carbonyl (C=O) groups excluding carboxylic acids is 1. The average Bonchev–Trinajstić information content (AvgIpc) is 2.55. The van der Waals surface area contributed by atoms with Crippen LogP contribution in [-0.2, 0) is 14.8 Å². The Balaban J connectivity index is 1.93. The largest absolute Gasteiger partial charge is 0.491 e. The topological polar surface area (TPSA) is 84.5 Å². The highest BCUT2D eigenvalue weighted by Crippen LogP contribution is 2.17. The van der Waals surface area contributed by atoms with Crippen LogP contribution in [-0.4, -0.2) is 27.0 Å². The molecule has 0 spiro atoms. The Labute approximate surface area is 148 Å². The molecule has 7 heteroatoms. The third-order valence-electron chi connectivity index (χ3n) is 3.32. The van der Waals surface area contributed by atoms with Gasteiger partial charge >= 0.3 is 0 Å². The molecule has 0 aliphatic carbocycles. The quantitative estimate of drug-likeness (QED) is 0.793. The fourth-order valence-electron chi connectivity index (χ4n) is 2.19. The Morgan fingerprint density at radius 3 is 2.32 bits per heavy atom. The summed E-state index contributed by atoms with van der Waals surface area (Å²) in [5.74, 6) is 0.253. The van der Waals surface area contributed by atoms with E-state index in [0.29, 0.717) is 17.0 Å². The summed E-state index contributed by atoms with van der Waals surface area (Å²) in [6.07, 6.45) is 0.0660. The number of anilines is 1. The summed E-state index contributed by atoms with van der Waals surface area (Å²) in [5, 5.41) is 2.64. The summed E-state index contributed by atoms with van der Waals surface area (Å²) in [6, 6.07) is 13.5. The Hall–Kier alpha value is -2.38. The standard InChI is InChI=1S/C18H22N2O4S/c1-13(2)24-16-10-8-15(9-11-16)20-18(21)12-19-25(22,23)17-7-5-4-6-14(17)3/h4-11,13,19H,12H2,1-3H3,(H,20,21). The van der Waals surface area contributed by atoms with Crippen LogP contribution >= 0.6 is 0 Å². The molecule has 2 rings (SSSR count). The molecule has 0 aliphatic heterocycles. The van der Waals surface area contributed by atoms with Gasteiger partial charge in [-0.3, -0.25) is 4.79 Å². The lowest BCUT2D eigenvalue weighted by atomic mass is 10.2. The minimum absolute atomic E-state index is 0.0660. The number of amides is 1. The molecule has 2 aromatic rings. The van der Waals surface area contributed by atoms with Crippen molar-refractivity contribution in [3.8, 4) is 5.75 Å². The molecule has 0 unspecified atom stereocenters. The highest BCUT2D eigenvalue weighted by Gasteiger charge is 2.17. The molecule has 134 valence electrons. The summed E-state index contributed by atoms with van der Waals surface area (Å²) in [7, 11) is -3.73. The van der Waals surface area contributed by atoms with Gasteiger partial charge in [0.1, 0.15) is 5.75 Å². The van der Waals surface area contributed by atoms with Gasteiger partial charge in [0.2, 0.25) is 15.9 Å². The number of carbonyl (C=O) groups is 1. The number of aryl methyl sites for hydroxylation is 1. The van der Waals surface area contributed by atoms with Gasteiger partial charge in [-0.2, -0.15) is 0 Å². The van der Waals surface area contributed by atoms with Crippen molar-refractivity contribution in [3.05, 3.63) is 54.1 Å². The summed E-state index contributed by atoms with van der Waals surface area (Å²) in [4.78, 5) is 12.1. The molecule has 6 nitrogen and oxygen atoms in total. The number of hydrogen-bond donors (Lipinski definition) is 2. The number of sulfonamides is 1. The monoisotopic (exact) mass is 362 g/mol. The van der Waals surface area contributed by atoms with Gasteiger partial charge < -0.3 is 10.1 Å². The lowest BCUT2D eigenvalue weighted by Crippen LogP contribution is -2.33. The SMILES string of the molecule is Cc1ccccc1S(=O)(=O)NCC(=O)Nc1ccc(OC(C)C)cc1. The van der Waals surface area contributed by atoms with E-state index < -0.39 is 15.9 Å². The van der Waals surface area contributed by atoms with Crippen molar-refractivity contribution in [1.82, 2.24) is 4.72 Å². The molecule has 0 saturated carbocycles. The smallest absolute Gasteiger partial charge is 0.241 e. The van der Waals surface area contributed by atoms with Gasteiger partial charge in [0.25, 0.3) is 0 Å². The van der Waals surface area contributed by atoms with Gasteiger partial charge in [0, 0.05) is 5.69 Å². The predicted octanol–water partition coefficient (Wildman–Crippen LogP) is 2.70. The second kappa shape index (κ2) is 8.13. The third-order valence-corrected chi connectivity index (χ3v) is 4.88. The molecule has 1 amide bonds. The van der Waals surface area contributed by atoms with Crippen molar-refractivity contribution in [2.75, 3.05) is 11.9 Å². The van der Waals surface area contributed by atoms with E-state index in [1.807, 2.05) is 13.8 Å². The molecule has 0 fully saturated rings. The molecule has 0 radical (unpaired) electrons. The zero-order valence-corrected chi connectivity index (χ0v) is 15.3. The van der Waals surface area contributed by atoms with E-state index in [4.69, 9.17) is 4.74 Å².